The number of carbonyl (C=O) groups is 1. The van der Waals surface area contributed by atoms with Crippen LogP contribution in [-0.4, -0.2) is 10.9 Å². The van der Waals surface area contributed by atoms with Crippen molar-refractivity contribution in [3.8, 4) is 11.3 Å². The van der Waals surface area contributed by atoms with Gasteiger partial charge in [0, 0.05) is 22.4 Å². The first kappa shape index (κ1) is 13.2. The maximum atomic E-state index is 13.2. The van der Waals surface area contributed by atoms with Gasteiger partial charge in [0.25, 0.3) is 5.91 Å². The molecule has 108 valence electrons. The third-order valence-electron chi connectivity index (χ3n) is 3.63. The van der Waals surface area contributed by atoms with E-state index in [2.05, 4.69) is 16.4 Å². The van der Waals surface area contributed by atoms with Crippen LogP contribution in [0.15, 0.2) is 48.5 Å². The Hall–Kier alpha value is -2.53. The van der Waals surface area contributed by atoms with Crippen molar-refractivity contribution in [2.24, 2.45) is 0 Å². The molecule has 22 heavy (non-hydrogen) atoms. The zero-order valence-electron chi connectivity index (χ0n) is 11.5. The number of carbonyl (C=O) groups excluding carboxylic acids is 1. The zero-order valence-corrected chi connectivity index (χ0v) is 12.3. The van der Waals surface area contributed by atoms with Gasteiger partial charge in [-0.15, -0.1) is 11.3 Å². The highest BCUT2D eigenvalue weighted by molar-refractivity contribution is 7.16. The number of amides is 1. The van der Waals surface area contributed by atoms with Gasteiger partial charge in [-0.25, -0.2) is 9.37 Å². The lowest BCUT2D eigenvalue weighted by Gasteiger charge is -2.02. The van der Waals surface area contributed by atoms with Gasteiger partial charge in [0.1, 0.15) is 5.82 Å². The molecule has 1 heterocycles. The van der Waals surface area contributed by atoms with E-state index in [1.54, 1.807) is 6.07 Å². The van der Waals surface area contributed by atoms with Crippen LogP contribution in [-0.2, 0) is 6.42 Å². The molecular formula is C17H11FN2OS. The van der Waals surface area contributed by atoms with Gasteiger partial charge in [-0.3, -0.25) is 10.1 Å². The summed E-state index contributed by atoms with van der Waals surface area (Å²) in [6.07, 6.45) is 0.846. The summed E-state index contributed by atoms with van der Waals surface area (Å²) in [7, 11) is 0. The van der Waals surface area contributed by atoms with Crippen molar-refractivity contribution in [1.82, 2.24) is 4.98 Å². The van der Waals surface area contributed by atoms with Gasteiger partial charge in [0.15, 0.2) is 5.13 Å². The molecule has 5 heteroatoms. The highest BCUT2D eigenvalue weighted by Crippen LogP contribution is 2.40. The molecule has 0 spiro atoms. The first-order valence-electron chi connectivity index (χ1n) is 6.85. The number of benzene rings is 2. The van der Waals surface area contributed by atoms with E-state index in [4.69, 9.17) is 0 Å². The van der Waals surface area contributed by atoms with Crippen LogP contribution >= 0.6 is 11.3 Å². The molecule has 4 rings (SSSR count). The average Bonchev–Trinajstić information content (AvgIpc) is 3.04. The van der Waals surface area contributed by atoms with E-state index >= 15 is 0 Å². The number of fused-ring (bicyclic) bond motifs is 3. The first-order chi connectivity index (χ1) is 10.7. The van der Waals surface area contributed by atoms with Gasteiger partial charge < -0.3 is 0 Å². The van der Waals surface area contributed by atoms with Crippen LogP contribution in [0.25, 0.3) is 11.3 Å². The minimum atomic E-state index is -0.428. The monoisotopic (exact) mass is 310 g/mol. The predicted molar refractivity (Wildman–Crippen MR) is 84.7 cm³/mol. The minimum absolute atomic E-state index is 0.288. The lowest BCUT2D eigenvalue weighted by molar-refractivity contribution is 0.102. The van der Waals surface area contributed by atoms with Crippen LogP contribution in [0, 0.1) is 5.82 Å². The van der Waals surface area contributed by atoms with Crippen molar-refractivity contribution in [1.29, 1.82) is 0 Å². The number of hydrogen-bond donors (Lipinski definition) is 1. The summed E-state index contributed by atoms with van der Waals surface area (Å²) in [4.78, 5) is 17.8. The summed E-state index contributed by atoms with van der Waals surface area (Å²) in [5.74, 6) is -0.775. The Morgan fingerprint density at radius 2 is 2.05 bits per heavy atom. The Labute approximate surface area is 130 Å². The number of hydrogen-bond acceptors (Lipinski definition) is 3. The van der Waals surface area contributed by atoms with Crippen molar-refractivity contribution in [3.05, 3.63) is 70.4 Å². The van der Waals surface area contributed by atoms with Crippen molar-refractivity contribution in [2.75, 3.05) is 5.32 Å². The smallest absolute Gasteiger partial charge is 0.257 e. The molecule has 0 atom stereocenters. The molecule has 3 aromatic rings. The molecule has 1 N–H and O–H groups in total. The van der Waals surface area contributed by atoms with Crippen molar-refractivity contribution in [2.45, 2.75) is 6.42 Å². The Morgan fingerprint density at radius 3 is 2.91 bits per heavy atom. The van der Waals surface area contributed by atoms with E-state index in [0.717, 1.165) is 22.6 Å². The molecule has 0 saturated carbocycles. The van der Waals surface area contributed by atoms with E-state index < -0.39 is 5.82 Å². The second-order valence-electron chi connectivity index (χ2n) is 5.09. The number of nitrogens with one attached hydrogen (secondary N) is 1. The topological polar surface area (TPSA) is 42.0 Å². The summed E-state index contributed by atoms with van der Waals surface area (Å²) in [5, 5.41) is 3.30. The summed E-state index contributed by atoms with van der Waals surface area (Å²) < 4.78 is 13.2. The SMILES string of the molecule is O=C(Nc1nc2c(s1)Cc1ccccc1-2)c1cccc(F)c1. The summed E-state index contributed by atoms with van der Waals surface area (Å²) >= 11 is 1.47. The van der Waals surface area contributed by atoms with E-state index in [0.29, 0.717) is 5.13 Å². The molecule has 0 unspecified atom stereocenters. The maximum Gasteiger partial charge on any atom is 0.257 e. The Kier molecular flexibility index (Phi) is 3.01. The van der Waals surface area contributed by atoms with E-state index in [-0.39, 0.29) is 11.5 Å². The number of halogens is 1. The first-order valence-corrected chi connectivity index (χ1v) is 7.67. The van der Waals surface area contributed by atoms with Crippen molar-refractivity contribution < 1.29 is 9.18 Å². The Balaban J connectivity index is 1.61. The quantitative estimate of drug-likeness (QED) is 0.605. The fraction of sp³-hybridized carbons (Fsp3) is 0.0588. The molecule has 1 aliphatic carbocycles. The van der Waals surface area contributed by atoms with Crippen LogP contribution in [0.4, 0.5) is 9.52 Å². The molecule has 0 saturated heterocycles. The standard InChI is InChI=1S/C17H11FN2OS/c18-12-6-3-5-11(8-12)16(21)20-17-19-15-13-7-2-1-4-10(13)9-14(15)22-17/h1-8H,9H2,(H,19,20,21). The fourth-order valence-electron chi connectivity index (χ4n) is 2.61. The van der Waals surface area contributed by atoms with Gasteiger partial charge >= 0.3 is 0 Å². The molecule has 1 aliphatic rings. The van der Waals surface area contributed by atoms with Crippen molar-refractivity contribution in [3.63, 3.8) is 0 Å². The highest BCUT2D eigenvalue weighted by Gasteiger charge is 2.23. The molecular weight excluding hydrogens is 299 g/mol. The zero-order chi connectivity index (χ0) is 15.1. The second kappa shape index (κ2) is 5.03. The lowest BCUT2D eigenvalue weighted by Crippen LogP contribution is -2.11. The summed E-state index contributed by atoms with van der Waals surface area (Å²) in [5.41, 5.74) is 3.62. The Morgan fingerprint density at radius 1 is 1.18 bits per heavy atom. The largest absolute Gasteiger partial charge is 0.298 e. The predicted octanol–water partition coefficient (Wildman–Crippen LogP) is 4.11. The molecule has 0 radical (unpaired) electrons. The number of thiazole rings is 1. The molecule has 1 amide bonds. The Bertz CT molecular complexity index is 888. The van der Waals surface area contributed by atoms with Gasteiger partial charge in [-0.2, -0.15) is 0 Å². The van der Waals surface area contributed by atoms with Crippen LogP contribution < -0.4 is 5.32 Å². The van der Waals surface area contributed by atoms with E-state index in [1.807, 2.05) is 18.2 Å². The van der Waals surface area contributed by atoms with Crippen LogP contribution in [0.2, 0.25) is 0 Å². The lowest BCUT2D eigenvalue weighted by atomic mass is 10.1. The highest BCUT2D eigenvalue weighted by atomic mass is 32.1. The van der Waals surface area contributed by atoms with E-state index in [9.17, 15) is 9.18 Å². The van der Waals surface area contributed by atoms with Crippen LogP contribution in [0.1, 0.15) is 20.8 Å². The molecule has 0 bridgehead atoms. The van der Waals surface area contributed by atoms with Crippen LogP contribution in [0.3, 0.4) is 0 Å². The molecule has 2 aromatic carbocycles. The minimum Gasteiger partial charge on any atom is -0.298 e. The average molecular weight is 310 g/mol. The molecule has 3 nitrogen and oxygen atoms in total. The van der Waals surface area contributed by atoms with Gasteiger partial charge in [0.2, 0.25) is 0 Å². The number of nitrogens with zero attached hydrogens (tertiary/aromatic N) is 1. The molecule has 0 aliphatic heterocycles. The normalized spacial score (nSPS) is 11.9. The second-order valence-corrected chi connectivity index (χ2v) is 6.17. The van der Waals surface area contributed by atoms with Gasteiger partial charge in [-0.05, 0) is 23.8 Å². The van der Waals surface area contributed by atoms with Crippen LogP contribution in [0.5, 0.6) is 0 Å². The van der Waals surface area contributed by atoms with Gasteiger partial charge in [0.05, 0.1) is 5.69 Å². The number of aromatic nitrogens is 1. The number of rotatable bonds is 2. The van der Waals surface area contributed by atoms with Gasteiger partial charge in [-0.1, -0.05) is 30.3 Å². The van der Waals surface area contributed by atoms with Crippen molar-refractivity contribution >= 4 is 22.4 Å². The molecule has 1 aromatic heterocycles. The third-order valence-corrected chi connectivity index (χ3v) is 4.60. The molecule has 0 fully saturated rings. The van der Waals surface area contributed by atoms with E-state index in [1.165, 1.54) is 35.1 Å². The number of anilines is 1. The summed E-state index contributed by atoms with van der Waals surface area (Å²) in [6.45, 7) is 0. The fourth-order valence-corrected chi connectivity index (χ4v) is 3.61. The maximum absolute atomic E-state index is 13.2. The third kappa shape index (κ3) is 2.19. The summed E-state index contributed by atoms with van der Waals surface area (Å²) in [6, 6.07) is 13.8.